The fraction of sp³-hybridized carbons (Fsp3) is 0.714. The molecule has 0 atom stereocenters. The quantitative estimate of drug-likeness (QED) is 0.199. The average molecular weight is 420 g/mol. The van der Waals surface area contributed by atoms with Crippen LogP contribution in [0, 0.1) is 6.92 Å². The van der Waals surface area contributed by atoms with Gasteiger partial charge in [0.1, 0.15) is 10.1 Å². The molecule has 0 fully saturated rings. The van der Waals surface area contributed by atoms with E-state index in [4.69, 9.17) is 11.6 Å². The Morgan fingerprint density at radius 1 is 0.889 bits per heavy atom. The molecule has 0 saturated carbocycles. The Morgan fingerprint density at radius 3 is 1.70 bits per heavy atom. The van der Waals surface area contributed by atoms with Crippen molar-refractivity contribution in [1.82, 2.24) is 0 Å². The van der Waals surface area contributed by atoms with Gasteiger partial charge < -0.3 is 9.04 Å². The summed E-state index contributed by atoms with van der Waals surface area (Å²) in [6, 6.07) is 5.78. The van der Waals surface area contributed by atoms with E-state index in [1.807, 2.05) is 6.92 Å². The summed E-state index contributed by atoms with van der Waals surface area (Å²) in [6.45, 7) is 10.3. The van der Waals surface area contributed by atoms with Crippen molar-refractivity contribution in [3.05, 3.63) is 29.8 Å². The molecule has 0 aliphatic heterocycles. The van der Waals surface area contributed by atoms with E-state index in [0.29, 0.717) is 0 Å². The van der Waals surface area contributed by atoms with E-state index in [0.717, 1.165) is 17.9 Å². The van der Waals surface area contributed by atoms with E-state index >= 15 is 0 Å². The van der Waals surface area contributed by atoms with Gasteiger partial charge in [-0.15, -0.1) is 11.6 Å². The van der Waals surface area contributed by atoms with Gasteiger partial charge in [-0.3, -0.25) is 0 Å². The second-order valence-corrected chi connectivity index (χ2v) is 9.27. The first kappa shape index (κ1) is 26.4. The zero-order valence-corrected chi connectivity index (χ0v) is 19.1. The molecule has 158 valence electrons. The standard InChI is InChI=1S/C14H31ClN.C7H8O3S/c1-4-6-8-12-16(3,14-10-11-15)13-9-7-5-2;1-6-2-4-7(5-3-6)11(8,9)10/h4-14H2,1-3H3;2-5H,1H3,(H,8,9,10)/q+1;/p-1. The van der Waals surface area contributed by atoms with Crippen molar-refractivity contribution in [2.24, 2.45) is 0 Å². The number of halogens is 1. The first-order chi connectivity index (χ1) is 12.7. The minimum atomic E-state index is -4.27. The van der Waals surface area contributed by atoms with E-state index in [9.17, 15) is 13.0 Å². The molecule has 0 aliphatic rings. The highest BCUT2D eigenvalue weighted by molar-refractivity contribution is 7.85. The molecule has 0 spiro atoms. The van der Waals surface area contributed by atoms with E-state index in [1.54, 1.807) is 12.1 Å². The van der Waals surface area contributed by atoms with Crippen molar-refractivity contribution < 1.29 is 17.5 Å². The molecule has 0 bridgehead atoms. The Bertz CT molecular complexity index is 578. The van der Waals surface area contributed by atoms with Gasteiger partial charge in [-0.2, -0.15) is 0 Å². The predicted molar refractivity (Wildman–Crippen MR) is 114 cm³/mol. The molecule has 6 heteroatoms. The third-order valence-corrected chi connectivity index (χ3v) is 5.86. The fourth-order valence-corrected chi connectivity index (χ4v) is 3.56. The lowest BCUT2D eigenvalue weighted by Crippen LogP contribution is -2.46. The van der Waals surface area contributed by atoms with Gasteiger partial charge in [0, 0.05) is 12.3 Å². The van der Waals surface area contributed by atoms with E-state index in [-0.39, 0.29) is 4.90 Å². The summed E-state index contributed by atoms with van der Waals surface area (Å²) < 4.78 is 32.4. The van der Waals surface area contributed by atoms with Crippen LogP contribution in [-0.2, 0) is 10.1 Å². The SMILES string of the molecule is CCCCC[N+](C)(CCCCl)CCCCC.Cc1ccc(S(=O)(=O)[O-])cc1. The topological polar surface area (TPSA) is 57.2 Å². The molecule has 0 aliphatic carbocycles. The number of aryl methyl sites for hydroxylation is 1. The summed E-state index contributed by atoms with van der Waals surface area (Å²) in [5.74, 6) is 0.815. The predicted octanol–water partition coefficient (Wildman–Crippen LogP) is 5.34. The maximum atomic E-state index is 10.4. The molecular weight excluding hydrogens is 382 g/mol. The molecule has 0 amide bonds. The minimum Gasteiger partial charge on any atom is -0.744 e. The van der Waals surface area contributed by atoms with Crippen LogP contribution in [0.3, 0.4) is 0 Å². The second kappa shape index (κ2) is 14.4. The lowest BCUT2D eigenvalue weighted by molar-refractivity contribution is -0.910. The van der Waals surface area contributed by atoms with Gasteiger partial charge in [-0.25, -0.2) is 8.42 Å². The summed E-state index contributed by atoms with van der Waals surface area (Å²) in [5, 5.41) is 0. The van der Waals surface area contributed by atoms with Gasteiger partial charge in [-0.1, -0.05) is 44.4 Å². The largest absolute Gasteiger partial charge is 0.744 e. The lowest BCUT2D eigenvalue weighted by Gasteiger charge is -2.35. The van der Waals surface area contributed by atoms with Gasteiger partial charge in [0.05, 0.1) is 31.6 Å². The maximum absolute atomic E-state index is 10.4. The first-order valence-electron chi connectivity index (χ1n) is 10.1. The molecular formula is C21H38ClNO3S. The van der Waals surface area contributed by atoms with Crippen molar-refractivity contribution in [2.75, 3.05) is 32.6 Å². The van der Waals surface area contributed by atoms with Gasteiger partial charge >= 0.3 is 0 Å². The smallest absolute Gasteiger partial charge is 0.124 e. The molecule has 1 aromatic carbocycles. The van der Waals surface area contributed by atoms with Crippen molar-refractivity contribution in [3.8, 4) is 0 Å². The maximum Gasteiger partial charge on any atom is 0.124 e. The number of hydrogen-bond acceptors (Lipinski definition) is 3. The van der Waals surface area contributed by atoms with Gasteiger partial charge in [-0.05, 0) is 44.7 Å². The van der Waals surface area contributed by atoms with Crippen LogP contribution >= 0.6 is 11.6 Å². The average Bonchev–Trinajstić information content (AvgIpc) is 2.61. The van der Waals surface area contributed by atoms with Crippen LogP contribution < -0.4 is 0 Å². The number of unbranched alkanes of at least 4 members (excludes halogenated alkanes) is 4. The number of benzene rings is 1. The van der Waals surface area contributed by atoms with Gasteiger partial charge in [0.2, 0.25) is 0 Å². The molecule has 0 heterocycles. The third kappa shape index (κ3) is 13.2. The van der Waals surface area contributed by atoms with Crippen molar-refractivity contribution in [2.45, 2.75) is 70.6 Å². The Kier molecular flexibility index (Phi) is 14.1. The Labute approximate surface area is 172 Å². The summed E-state index contributed by atoms with van der Waals surface area (Å²) >= 11 is 5.82. The Hall–Kier alpha value is -0.620. The Balaban J connectivity index is 0.000000533. The summed E-state index contributed by atoms with van der Waals surface area (Å²) in [6.07, 6.45) is 9.32. The summed E-state index contributed by atoms with van der Waals surface area (Å²) in [5.41, 5.74) is 0.928. The highest BCUT2D eigenvalue weighted by atomic mass is 35.5. The van der Waals surface area contributed by atoms with Crippen LogP contribution in [0.1, 0.15) is 64.4 Å². The van der Waals surface area contributed by atoms with E-state index in [2.05, 4.69) is 20.9 Å². The number of hydrogen-bond donors (Lipinski definition) is 0. The minimum absolute atomic E-state index is 0.178. The lowest BCUT2D eigenvalue weighted by atomic mass is 10.1. The molecule has 0 saturated heterocycles. The van der Waals surface area contributed by atoms with Crippen LogP contribution in [0.2, 0.25) is 0 Å². The highest BCUT2D eigenvalue weighted by Gasteiger charge is 2.19. The normalized spacial score (nSPS) is 11.8. The van der Waals surface area contributed by atoms with Gasteiger partial charge in [0.15, 0.2) is 0 Å². The summed E-state index contributed by atoms with van der Waals surface area (Å²) in [4.78, 5) is -0.178. The monoisotopic (exact) mass is 419 g/mol. The second-order valence-electron chi connectivity index (χ2n) is 7.51. The number of quaternary nitrogens is 1. The third-order valence-electron chi connectivity index (χ3n) is 4.74. The zero-order chi connectivity index (χ0) is 20.8. The van der Waals surface area contributed by atoms with Gasteiger partial charge in [0.25, 0.3) is 0 Å². The van der Waals surface area contributed by atoms with Crippen LogP contribution in [0.15, 0.2) is 29.2 Å². The number of alkyl halides is 1. The molecule has 0 aromatic heterocycles. The molecule has 1 aromatic rings. The van der Waals surface area contributed by atoms with E-state index in [1.165, 1.54) is 74.8 Å². The van der Waals surface area contributed by atoms with Crippen LogP contribution in [-0.4, -0.2) is 50.0 Å². The molecule has 27 heavy (non-hydrogen) atoms. The molecule has 0 radical (unpaired) electrons. The van der Waals surface area contributed by atoms with Crippen molar-refractivity contribution in [3.63, 3.8) is 0 Å². The number of rotatable bonds is 12. The summed E-state index contributed by atoms with van der Waals surface area (Å²) in [7, 11) is -1.86. The van der Waals surface area contributed by atoms with Crippen molar-refractivity contribution in [1.29, 1.82) is 0 Å². The first-order valence-corrected chi connectivity index (χ1v) is 12.0. The molecule has 4 nitrogen and oxygen atoms in total. The zero-order valence-electron chi connectivity index (χ0n) is 17.5. The van der Waals surface area contributed by atoms with E-state index < -0.39 is 10.1 Å². The highest BCUT2D eigenvalue weighted by Crippen LogP contribution is 2.12. The van der Waals surface area contributed by atoms with Crippen LogP contribution in [0.25, 0.3) is 0 Å². The van der Waals surface area contributed by atoms with Crippen LogP contribution in [0.4, 0.5) is 0 Å². The number of nitrogens with zero attached hydrogens (tertiary/aromatic N) is 1. The molecule has 0 unspecified atom stereocenters. The van der Waals surface area contributed by atoms with Crippen molar-refractivity contribution >= 4 is 21.7 Å². The fourth-order valence-electron chi connectivity index (χ4n) is 2.97. The molecule has 1 rings (SSSR count). The van der Waals surface area contributed by atoms with Crippen LogP contribution in [0.5, 0.6) is 0 Å². The molecule has 0 N–H and O–H groups in total. The Morgan fingerprint density at radius 2 is 1.33 bits per heavy atom.